The third kappa shape index (κ3) is 4.23. The molecule has 2 aromatic rings. The number of ketones is 1. The van der Waals surface area contributed by atoms with Gasteiger partial charge in [0.05, 0.1) is 0 Å². The Balaban J connectivity index is 0.000000209. The molecule has 0 aliphatic carbocycles. The zero-order valence-electron chi connectivity index (χ0n) is 10.1. The van der Waals surface area contributed by atoms with Crippen molar-refractivity contribution in [3.63, 3.8) is 0 Å². The number of fused-ring (bicyclic) bond motifs is 1. The van der Waals surface area contributed by atoms with Crippen LogP contribution in [0.25, 0.3) is 11.0 Å². The first kappa shape index (κ1) is 13.2. The summed E-state index contributed by atoms with van der Waals surface area (Å²) in [6.07, 6.45) is 1.38. The van der Waals surface area contributed by atoms with E-state index < -0.39 is 0 Å². The molecule has 0 aliphatic rings. The highest BCUT2D eigenvalue weighted by Crippen LogP contribution is 2.08. The minimum Gasteiger partial charge on any atom is -0.423 e. The lowest BCUT2D eigenvalue weighted by Gasteiger charge is -1.91. The summed E-state index contributed by atoms with van der Waals surface area (Å²) in [7, 11) is 0. The Labute approximate surface area is 100 Å². The number of rotatable bonds is 2. The standard InChI is InChI=1S/C9H6O2.C5H10O/c10-9-6-5-7-3-1-2-4-8(7)11-9;1-3-5(6)4-2/h1-6H;3-4H2,1-2H3. The summed E-state index contributed by atoms with van der Waals surface area (Å²) in [5, 5.41) is 0.951. The van der Waals surface area contributed by atoms with E-state index in [-0.39, 0.29) is 5.63 Å². The van der Waals surface area contributed by atoms with Crippen LogP contribution in [-0.4, -0.2) is 5.78 Å². The summed E-state index contributed by atoms with van der Waals surface area (Å²) in [5.41, 5.74) is 0.337. The van der Waals surface area contributed by atoms with Gasteiger partial charge in [0, 0.05) is 24.3 Å². The van der Waals surface area contributed by atoms with Crippen LogP contribution in [0.5, 0.6) is 0 Å². The number of Topliss-reactive ketones (excluding diaryl/α,β-unsaturated/α-hetero) is 1. The average molecular weight is 232 g/mol. The number of hydrogen-bond acceptors (Lipinski definition) is 3. The Hall–Kier alpha value is -1.90. The highest BCUT2D eigenvalue weighted by atomic mass is 16.4. The van der Waals surface area contributed by atoms with Crippen molar-refractivity contribution in [2.24, 2.45) is 0 Å². The summed E-state index contributed by atoms with van der Waals surface area (Å²) in [6, 6.07) is 10.6. The lowest BCUT2D eigenvalue weighted by Crippen LogP contribution is -1.93. The van der Waals surface area contributed by atoms with Crippen LogP contribution >= 0.6 is 0 Å². The smallest absolute Gasteiger partial charge is 0.336 e. The van der Waals surface area contributed by atoms with Crippen LogP contribution in [0.4, 0.5) is 0 Å². The third-order valence-electron chi connectivity index (χ3n) is 2.32. The van der Waals surface area contributed by atoms with E-state index in [0.717, 1.165) is 5.39 Å². The van der Waals surface area contributed by atoms with E-state index in [1.54, 1.807) is 12.1 Å². The van der Waals surface area contributed by atoms with Crippen molar-refractivity contribution in [3.05, 3.63) is 46.8 Å². The highest BCUT2D eigenvalue weighted by Gasteiger charge is 1.92. The molecule has 3 heteroatoms. The minimum absolute atomic E-state index is 0.302. The maximum absolute atomic E-state index is 10.7. The summed E-state index contributed by atoms with van der Waals surface area (Å²) >= 11 is 0. The largest absolute Gasteiger partial charge is 0.423 e. The van der Waals surface area contributed by atoms with E-state index in [4.69, 9.17) is 4.42 Å². The average Bonchev–Trinajstić information content (AvgIpc) is 2.38. The lowest BCUT2D eigenvalue weighted by molar-refractivity contribution is -0.118. The summed E-state index contributed by atoms with van der Waals surface area (Å²) < 4.78 is 4.91. The topological polar surface area (TPSA) is 47.3 Å². The predicted octanol–water partition coefficient (Wildman–Crippen LogP) is 3.17. The lowest BCUT2D eigenvalue weighted by atomic mass is 10.2. The normalized spacial score (nSPS) is 9.53. The molecule has 90 valence electrons. The number of benzene rings is 1. The van der Waals surface area contributed by atoms with Gasteiger partial charge in [0.15, 0.2) is 0 Å². The fourth-order valence-electron chi connectivity index (χ4n) is 1.26. The van der Waals surface area contributed by atoms with Crippen LogP contribution < -0.4 is 5.63 Å². The molecule has 0 atom stereocenters. The Morgan fingerprint density at radius 1 is 1.06 bits per heavy atom. The fourth-order valence-corrected chi connectivity index (χ4v) is 1.26. The van der Waals surface area contributed by atoms with Gasteiger partial charge in [-0.15, -0.1) is 0 Å². The van der Waals surface area contributed by atoms with Crippen molar-refractivity contribution in [2.45, 2.75) is 26.7 Å². The Morgan fingerprint density at radius 2 is 1.71 bits per heavy atom. The van der Waals surface area contributed by atoms with Crippen molar-refractivity contribution in [1.82, 2.24) is 0 Å². The molecule has 0 fully saturated rings. The van der Waals surface area contributed by atoms with Crippen LogP contribution in [0.2, 0.25) is 0 Å². The SMILES string of the molecule is CCC(=O)CC.O=c1ccc2ccccc2o1. The van der Waals surface area contributed by atoms with Gasteiger partial charge in [0.1, 0.15) is 11.4 Å². The quantitative estimate of drug-likeness (QED) is 0.747. The molecule has 0 saturated carbocycles. The fraction of sp³-hybridized carbons (Fsp3) is 0.286. The van der Waals surface area contributed by atoms with Gasteiger partial charge in [-0.2, -0.15) is 0 Å². The molecule has 1 heterocycles. The highest BCUT2D eigenvalue weighted by molar-refractivity contribution is 5.77. The van der Waals surface area contributed by atoms with Crippen molar-refractivity contribution >= 4 is 16.8 Å². The van der Waals surface area contributed by atoms with E-state index in [0.29, 0.717) is 24.2 Å². The number of carbonyl (C=O) groups excluding carboxylic acids is 1. The van der Waals surface area contributed by atoms with Crippen molar-refractivity contribution in [3.8, 4) is 0 Å². The molecule has 3 nitrogen and oxygen atoms in total. The van der Waals surface area contributed by atoms with E-state index in [2.05, 4.69) is 0 Å². The van der Waals surface area contributed by atoms with Crippen molar-refractivity contribution in [2.75, 3.05) is 0 Å². The second-order valence-electron chi connectivity index (χ2n) is 3.54. The monoisotopic (exact) mass is 232 g/mol. The maximum Gasteiger partial charge on any atom is 0.336 e. The molecule has 0 saturated heterocycles. The molecular formula is C14H16O3. The second kappa shape index (κ2) is 6.63. The van der Waals surface area contributed by atoms with Crippen molar-refractivity contribution < 1.29 is 9.21 Å². The van der Waals surface area contributed by atoms with Gasteiger partial charge in [-0.3, -0.25) is 4.79 Å². The molecule has 2 rings (SSSR count). The summed E-state index contributed by atoms with van der Waals surface area (Å²) in [6.45, 7) is 3.76. The van der Waals surface area contributed by atoms with E-state index >= 15 is 0 Å². The van der Waals surface area contributed by atoms with Crippen LogP contribution in [-0.2, 0) is 4.79 Å². The molecule has 0 bridgehead atoms. The van der Waals surface area contributed by atoms with Gasteiger partial charge >= 0.3 is 5.63 Å². The first-order valence-corrected chi connectivity index (χ1v) is 5.68. The third-order valence-corrected chi connectivity index (χ3v) is 2.32. The van der Waals surface area contributed by atoms with Gasteiger partial charge in [-0.25, -0.2) is 4.79 Å². The molecule has 0 spiro atoms. The first-order chi connectivity index (χ1) is 8.17. The van der Waals surface area contributed by atoms with Gasteiger partial charge in [0.2, 0.25) is 0 Å². The first-order valence-electron chi connectivity index (χ1n) is 5.68. The van der Waals surface area contributed by atoms with Crippen LogP contribution in [0.1, 0.15) is 26.7 Å². The van der Waals surface area contributed by atoms with Crippen molar-refractivity contribution in [1.29, 1.82) is 0 Å². The summed E-state index contributed by atoms with van der Waals surface area (Å²) in [5.74, 6) is 0.343. The maximum atomic E-state index is 10.7. The van der Waals surface area contributed by atoms with E-state index in [1.807, 2.05) is 32.0 Å². The molecule has 0 amide bonds. The molecule has 1 aromatic carbocycles. The molecule has 1 aromatic heterocycles. The molecule has 0 N–H and O–H groups in total. The molecule has 0 radical (unpaired) electrons. The predicted molar refractivity (Wildman–Crippen MR) is 68.1 cm³/mol. The number of carbonyl (C=O) groups is 1. The minimum atomic E-state index is -0.302. The molecule has 17 heavy (non-hydrogen) atoms. The van der Waals surface area contributed by atoms with Gasteiger partial charge in [0.25, 0.3) is 0 Å². The number of para-hydroxylation sites is 1. The van der Waals surface area contributed by atoms with Gasteiger partial charge < -0.3 is 4.42 Å². The second-order valence-corrected chi connectivity index (χ2v) is 3.54. The van der Waals surface area contributed by atoms with Gasteiger partial charge in [-0.1, -0.05) is 32.0 Å². The zero-order valence-corrected chi connectivity index (χ0v) is 10.1. The van der Waals surface area contributed by atoms with E-state index in [9.17, 15) is 9.59 Å². The van der Waals surface area contributed by atoms with E-state index in [1.165, 1.54) is 6.07 Å². The molecule has 0 unspecified atom stereocenters. The number of hydrogen-bond donors (Lipinski definition) is 0. The Kier molecular flexibility index (Phi) is 5.14. The summed E-state index contributed by atoms with van der Waals surface area (Å²) in [4.78, 5) is 20.9. The van der Waals surface area contributed by atoms with Gasteiger partial charge in [-0.05, 0) is 12.1 Å². The zero-order chi connectivity index (χ0) is 12.7. The van der Waals surface area contributed by atoms with Crippen LogP contribution in [0, 0.1) is 0 Å². The Bertz CT molecular complexity index is 534. The van der Waals surface area contributed by atoms with Crippen LogP contribution in [0.15, 0.2) is 45.6 Å². The molecular weight excluding hydrogens is 216 g/mol. The van der Waals surface area contributed by atoms with Crippen LogP contribution in [0.3, 0.4) is 0 Å². The molecule has 0 aliphatic heterocycles. The Morgan fingerprint density at radius 3 is 2.29 bits per heavy atom.